The molecule has 0 aliphatic rings. The van der Waals surface area contributed by atoms with Crippen LogP contribution in [0.5, 0.6) is 0 Å². The van der Waals surface area contributed by atoms with Gasteiger partial charge in [0, 0.05) is 19.3 Å². The summed E-state index contributed by atoms with van der Waals surface area (Å²) in [5.41, 5.74) is 0. The number of carbonyl (C=O) groups is 3. The molecule has 0 aromatic heterocycles. The fourth-order valence-corrected chi connectivity index (χ4v) is 10.2. The minimum atomic E-state index is -0.793. The number of ether oxygens (including phenoxy) is 3. The first kappa shape index (κ1) is 77.6. The SMILES string of the molecule is CC/C=C\C/C=C\C/C=C\C/C=C\CCCCCCCCC(=O)OC(COC(=O)CCCCCCC/C=C\C/C=C\C/C=C\CC)COC(=O)CCCCCCCCCCCCCCCCCCCCCCCCCCCCCCC. The molecule has 1 atom stereocenters. The average molecular weight is 1130 g/mol. The molecule has 468 valence electrons. The van der Waals surface area contributed by atoms with E-state index in [0.717, 1.165) is 135 Å². The lowest BCUT2D eigenvalue weighted by molar-refractivity contribution is -0.167. The monoisotopic (exact) mass is 1130 g/mol. The number of unbranched alkanes of at least 4 members (excludes halogenated alkanes) is 39. The van der Waals surface area contributed by atoms with Gasteiger partial charge in [-0.1, -0.05) is 331 Å². The lowest BCUT2D eigenvalue weighted by Gasteiger charge is -2.18. The third-order valence-corrected chi connectivity index (χ3v) is 15.4. The normalized spacial score (nSPS) is 12.6. The highest BCUT2D eigenvalue weighted by Crippen LogP contribution is 2.18. The largest absolute Gasteiger partial charge is 0.462 e. The molecule has 0 saturated carbocycles. The van der Waals surface area contributed by atoms with E-state index in [-0.39, 0.29) is 31.1 Å². The second-order valence-electron chi connectivity index (χ2n) is 23.4. The van der Waals surface area contributed by atoms with Gasteiger partial charge in [0.05, 0.1) is 0 Å². The van der Waals surface area contributed by atoms with Crippen LogP contribution in [0.2, 0.25) is 0 Å². The van der Waals surface area contributed by atoms with Gasteiger partial charge in [-0.15, -0.1) is 0 Å². The van der Waals surface area contributed by atoms with Crippen LogP contribution in [0.25, 0.3) is 0 Å². The van der Waals surface area contributed by atoms with Gasteiger partial charge in [-0.25, -0.2) is 0 Å². The molecule has 0 bridgehead atoms. The van der Waals surface area contributed by atoms with Crippen molar-refractivity contribution in [1.29, 1.82) is 0 Å². The third-order valence-electron chi connectivity index (χ3n) is 15.4. The van der Waals surface area contributed by atoms with Crippen LogP contribution in [-0.4, -0.2) is 37.2 Å². The van der Waals surface area contributed by atoms with Crippen LogP contribution in [0.4, 0.5) is 0 Å². The molecule has 0 heterocycles. The molecule has 0 radical (unpaired) electrons. The first-order valence-electron chi connectivity index (χ1n) is 35.1. The molecule has 0 amide bonds. The van der Waals surface area contributed by atoms with Crippen molar-refractivity contribution in [3.8, 4) is 0 Å². The Kier molecular flexibility index (Phi) is 66.2. The van der Waals surface area contributed by atoms with Crippen LogP contribution in [0.15, 0.2) is 85.1 Å². The van der Waals surface area contributed by atoms with Crippen molar-refractivity contribution in [1.82, 2.24) is 0 Å². The van der Waals surface area contributed by atoms with E-state index in [4.69, 9.17) is 14.2 Å². The average Bonchev–Trinajstić information content (AvgIpc) is 3.47. The zero-order valence-electron chi connectivity index (χ0n) is 53.8. The Morgan fingerprint density at radius 2 is 0.481 bits per heavy atom. The van der Waals surface area contributed by atoms with Gasteiger partial charge in [0.15, 0.2) is 6.10 Å². The van der Waals surface area contributed by atoms with Gasteiger partial charge in [-0.3, -0.25) is 14.4 Å². The van der Waals surface area contributed by atoms with Gasteiger partial charge in [0.25, 0.3) is 0 Å². The summed E-state index contributed by atoms with van der Waals surface area (Å²) in [5, 5.41) is 0. The van der Waals surface area contributed by atoms with Crippen molar-refractivity contribution in [2.75, 3.05) is 13.2 Å². The zero-order valence-corrected chi connectivity index (χ0v) is 53.8. The number of rotatable bonds is 64. The predicted molar refractivity (Wildman–Crippen MR) is 353 cm³/mol. The molecular formula is C75H132O6. The van der Waals surface area contributed by atoms with Crippen LogP contribution in [0.1, 0.15) is 355 Å². The molecule has 81 heavy (non-hydrogen) atoms. The van der Waals surface area contributed by atoms with E-state index in [1.165, 1.54) is 180 Å². The number of hydrogen-bond acceptors (Lipinski definition) is 6. The van der Waals surface area contributed by atoms with Gasteiger partial charge in [-0.05, 0) is 89.9 Å². The van der Waals surface area contributed by atoms with Crippen molar-refractivity contribution in [3.05, 3.63) is 85.1 Å². The number of esters is 3. The van der Waals surface area contributed by atoms with Crippen LogP contribution >= 0.6 is 0 Å². The van der Waals surface area contributed by atoms with E-state index in [2.05, 4.69) is 106 Å². The fraction of sp³-hybridized carbons (Fsp3) is 0.773. The number of carbonyl (C=O) groups excluding carboxylic acids is 3. The molecule has 0 aliphatic heterocycles. The van der Waals surface area contributed by atoms with Crippen molar-refractivity contribution < 1.29 is 28.6 Å². The van der Waals surface area contributed by atoms with Gasteiger partial charge < -0.3 is 14.2 Å². The molecular weight excluding hydrogens is 997 g/mol. The Morgan fingerprint density at radius 1 is 0.259 bits per heavy atom. The molecule has 0 saturated heterocycles. The topological polar surface area (TPSA) is 78.9 Å². The molecule has 1 unspecified atom stereocenters. The van der Waals surface area contributed by atoms with Crippen LogP contribution in [-0.2, 0) is 28.6 Å². The Morgan fingerprint density at radius 3 is 0.753 bits per heavy atom. The van der Waals surface area contributed by atoms with Crippen molar-refractivity contribution in [2.24, 2.45) is 0 Å². The van der Waals surface area contributed by atoms with Crippen LogP contribution in [0, 0.1) is 0 Å². The molecule has 0 aromatic rings. The van der Waals surface area contributed by atoms with E-state index in [0.29, 0.717) is 19.3 Å². The summed E-state index contributed by atoms with van der Waals surface area (Å²) in [6.45, 7) is 6.44. The fourth-order valence-electron chi connectivity index (χ4n) is 10.2. The molecule has 6 heteroatoms. The van der Waals surface area contributed by atoms with Crippen molar-refractivity contribution in [2.45, 2.75) is 361 Å². The second kappa shape index (κ2) is 69.1. The maximum absolute atomic E-state index is 12.9. The molecule has 0 fully saturated rings. The highest BCUT2D eigenvalue weighted by atomic mass is 16.6. The lowest BCUT2D eigenvalue weighted by Crippen LogP contribution is -2.30. The Balaban J connectivity index is 4.26. The highest BCUT2D eigenvalue weighted by molar-refractivity contribution is 5.71. The summed E-state index contributed by atoms with van der Waals surface area (Å²) < 4.78 is 17.0. The van der Waals surface area contributed by atoms with E-state index >= 15 is 0 Å². The third kappa shape index (κ3) is 67.3. The number of allylic oxidation sites excluding steroid dienone is 14. The summed E-state index contributed by atoms with van der Waals surface area (Å²) in [6, 6.07) is 0. The van der Waals surface area contributed by atoms with Crippen LogP contribution < -0.4 is 0 Å². The molecule has 0 N–H and O–H groups in total. The first-order valence-corrected chi connectivity index (χ1v) is 35.1. The molecule has 0 aromatic carbocycles. The predicted octanol–water partition coefficient (Wildman–Crippen LogP) is 24.2. The van der Waals surface area contributed by atoms with Crippen molar-refractivity contribution >= 4 is 17.9 Å². The Bertz CT molecular complexity index is 1530. The van der Waals surface area contributed by atoms with E-state index in [1.807, 2.05) is 0 Å². The minimum absolute atomic E-state index is 0.0856. The van der Waals surface area contributed by atoms with E-state index in [9.17, 15) is 14.4 Å². The van der Waals surface area contributed by atoms with Gasteiger partial charge in [0.1, 0.15) is 13.2 Å². The molecule has 0 aliphatic carbocycles. The maximum atomic E-state index is 12.9. The van der Waals surface area contributed by atoms with E-state index in [1.54, 1.807) is 0 Å². The maximum Gasteiger partial charge on any atom is 0.306 e. The standard InChI is InChI=1S/C75H132O6/c1-4-7-10-13-16-19-22-25-28-30-32-33-34-35-36-37-38-39-40-41-43-44-47-50-53-56-59-62-65-68-74(77)80-71-72(70-79-73(76)67-64-61-58-55-52-49-46-27-24-21-18-15-12-9-6-3)81-75(78)69-66-63-60-57-54-51-48-45-42-31-29-26-23-20-17-14-11-8-5-2/h8-9,11-12,17-18,20-21,26-27,29,42,45-46,72H,4-7,10,13-16,19,22-25,28,30-41,43-44,47-71H2,1-3H3/b11-8-,12-9-,20-17-,21-18-,29-26-,45-42-,46-27-. The molecule has 6 nitrogen and oxygen atoms in total. The molecule has 0 spiro atoms. The van der Waals surface area contributed by atoms with Gasteiger partial charge in [-0.2, -0.15) is 0 Å². The quantitative estimate of drug-likeness (QED) is 0.0261. The minimum Gasteiger partial charge on any atom is -0.462 e. The Labute approximate surface area is 503 Å². The lowest BCUT2D eigenvalue weighted by atomic mass is 10.0. The summed E-state index contributed by atoms with van der Waals surface area (Å²) >= 11 is 0. The second-order valence-corrected chi connectivity index (χ2v) is 23.4. The zero-order chi connectivity index (χ0) is 58.5. The summed E-state index contributed by atoms with van der Waals surface area (Å²) in [4.78, 5) is 38.4. The Hall–Kier alpha value is -3.41. The molecule has 0 rings (SSSR count). The van der Waals surface area contributed by atoms with Crippen molar-refractivity contribution in [3.63, 3.8) is 0 Å². The van der Waals surface area contributed by atoms with Gasteiger partial charge >= 0.3 is 17.9 Å². The smallest absolute Gasteiger partial charge is 0.306 e. The summed E-state index contributed by atoms with van der Waals surface area (Å²) in [6.07, 6.45) is 91.9. The number of hydrogen-bond donors (Lipinski definition) is 0. The summed E-state index contributed by atoms with van der Waals surface area (Å²) in [7, 11) is 0. The van der Waals surface area contributed by atoms with Crippen LogP contribution in [0.3, 0.4) is 0 Å². The highest BCUT2D eigenvalue weighted by Gasteiger charge is 2.19. The first-order chi connectivity index (χ1) is 40.0. The van der Waals surface area contributed by atoms with E-state index < -0.39 is 6.10 Å². The summed E-state index contributed by atoms with van der Waals surface area (Å²) in [5.74, 6) is -0.901. The van der Waals surface area contributed by atoms with Gasteiger partial charge in [0.2, 0.25) is 0 Å².